The molecule has 110 valence electrons. The van der Waals surface area contributed by atoms with Gasteiger partial charge in [-0.05, 0) is 37.5 Å². The molecule has 0 aliphatic rings. The van der Waals surface area contributed by atoms with Crippen LogP contribution in [0.1, 0.15) is 34.8 Å². The van der Waals surface area contributed by atoms with Crippen LogP contribution in [0, 0.1) is 0 Å². The molecule has 1 heterocycles. The van der Waals surface area contributed by atoms with E-state index in [0.29, 0.717) is 17.2 Å². The van der Waals surface area contributed by atoms with Crippen LogP contribution in [-0.4, -0.2) is 34.5 Å². The van der Waals surface area contributed by atoms with Gasteiger partial charge in [-0.1, -0.05) is 12.1 Å². The maximum Gasteiger partial charge on any atom is 0.377 e. The molecule has 0 N–H and O–H groups in total. The zero-order valence-corrected chi connectivity index (χ0v) is 12.5. The molecule has 0 atom stereocenters. The Bertz CT molecular complexity index is 637. The third-order valence-corrected chi connectivity index (χ3v) is 3.29. The minimum absolute atomic E-state index is 0.0475. The fourth-order valence-corrected chi connectivity index (χ4v) is 2.24. The third kappa shape index (κ3) is 3.63. The summed E-state index contributed by atoms with van der Waals surface area (Å²) < 4.78 is 13.7. The number of nitrogens with zero attached hydrogens (tertiary/aromatic N) is 2. The van der Waals surface area contributed by atoms with Crippen LogP contribution in [0.15, 0.2) is 24.3 Å². The number of carbonyl (C=O) groups is 2. The molecular weight excluding hydrogens is 292 g/mol. The molecule has 1 aromatic heterocycles. The van der Waals surface area contributed by atoms with Crippen molar-refractivity contribution >= 4 is 23.5 Å². The van der Waals surface area contributed by atoms with Crippen LogP contribution in [-0.2, 0) is 9.47 Å². The molecule has 0 saturated carbocycles. The van der Waals surface area contributed by atoms with Gasteiger partial charge in [-0.2, -0.15) is 4.37 Å². The maximum absolute atomic E-state index is 11.5. The van der Waals surface area contributed by atoms with Gasteiger partial charge in [0.05, 0.1) is 18.8 Å². The van der Waals surface area contributed by atoms with E-state index in [9.17, 15) is 9.59 Å². The highest BCUT2D eigenvalue weighted by Gasteiger charge is 2.15. The summed E-state index contributed by atoms with van der Waals surface area (Å²) in [6, 6.07) is 6.78. The molecule has 0 bridgehead atoms. The van der Waals surface area contributed by atoms with Gasteiger partial charge >= 0.3 is 11.9 Å². The third-order valence-electron chi connectivity index (χ3n) is 2.53. The normalized spacial score (nSPS) is 10.2. The summed E-state index contributed by atoms with van der Waals surface area (Å²) in [6.07, 6.45) is 0. The maximum atomic E-state index is 11.5. The van der Waals surface area contributed by atoms with Gasteiger partial charge in [0.2, 0.25) is 0 Å². The molecule has 1 aromatic carbocycles. The average Bonchev–Trinajstić information content (AvgIpc) is 2.98. The van der Waals surface area contributed by atoms with Crippen LogP contribution in [0.4, 0.5) is 0 Å². The van der Waals surface area contributed by atoms with Crippen molar-refractivity contribution in [2.45, 2.75) is 13.8 Å². The molecule has 0 unspecified atom stereocenters. The minimum Gasteiger partial charge on any atom is -0.462 e. The Morgan fingerprint density at radius 3 is 2.29 bits per heavy atom. The topological polar surface area (TPSA) is 78.4 Å². The van der Waals surface area contributed by atoms with Crippen molar-refractivity contribution in [3.8, 4) is 10.6 Å². The first-order chi connectivity index (χ1) is 10.2. The van der Waals surface area contributed by atoms with E-state index in [4.69, 9.17) is 9.47 Å². The Hall–Kier alpha value is -2.28. The van der Waals surface area contributed by atoms with Crippen molar-refractivity contribution in [1.82, 2.24) is 9.36 Å². The summed E-state index contributed by atoms with van der Waals surface area (Å²) in [5, 5.41) is 0.591. The Morgan fingerprint density at radius 1 is 1.05 bits per heavy atom. The van der Waals surface area contributed by atoms with Crippen LogP contribution < -0.4 is 0 Å². The fraction of sp³-hybridized carbons (Fsp3) is 0.286. The molecule has 0 aliphatic carbocycles. The van der Waals surface area contributed by atoms with Gasteiger partial charge in [0.1, 0.15) is 5.01 Å². The largest absolute Gasteiger partial charge is 0.462 e. The molecule has 7 heteroatoms. The second-order valence-electron chi connectivity index (χ2n) is 3.94. The molecule has 6 nitrogen and oxygen atoms in total. The highest BCUT2D eigenvalue weighted by atomic mass is 32.1. The number of benzene rings is 1. The van der Waals surface area contributed by atoms with E-state index in [1.165, 1.54) is 0 Å². The zero-order valence-electron chi connectivity index (χ0n) is 11.7. The van der Waals surface area contributed by atoms with Crippen LogP contribution in [0.2, 0.25) is 0 Å². The molecule has 2 aromatic rings. The van der Waals surface area contributed by atoms with Gasteiger partial charge < -0.3 is 9.47 Å². The van der Waals surface area contributed by atoms with E-state index in [0.717, 1.165) is 17.1 Å². The van der Waals surface area contributed by atoms with Crippen LogP contribution >= 0.6 is 11.5 Å². The minimum atomic E-state index is -0.539. The molecule has 2 rings (SSSR count). The highest BCUT2D eigenvalue weighted by Crippen LogP contribution is 2.22. The lowest BCUT2D eigenvalue weighted by Crippen LogP contribution is -2.06. The molecular formula is C14H14N2O4S. The van der Waals surface area contributed by atoms with E-state index in [1.807, 2.05) is 0 Å². The van der Waals surface area contributed by atoms with Crippen molar-refractivity contribution in [2.24, 2.45) is 0 Å². The molecule has 21 heavy (non-hydrogen) atoms. The molecule has 0 saturated heterocycles. The molecule has 0 aliphatic heterocycles. The van der Waals surface area contributed by atoms with Gasteiger partial charge in [0.25, 0.3) is 5.82 Å². The molecule has 0 radical (unpaired) electrons. The van der Waals surface area contributed by atoms with Crippen LogP contribution in [0.25, 0.3) is 10.6 Å². The van der Waals surface area contributed by atoms with Crippen molar-refractivity contribution in [1.29, 1.82) is 0 Å². The second-order valence-corrected chi connectivity index (χ2v) is 4.69. The average molecular weight is 306 g/mol. The second kappa shape index (κ2) is 6.94. The number of esters is 2. The van der Waals surface area contributed by atoms with Crippen molar-refractivity contribution in [3.05, 3.63) is 35.7 Å². The number of ether oxygens (including phenoxy) is 2. The molecule has 0 spiro atoms. The van der Waals surface area contributed by atoms with Crippen LogP contribution in [0.5, 0.6) is 0 Å². The van der Waals surface area contributed by atoms with E-state index < -0.39 is 5.97 Å². The number of hydrogen-bond acceptors (Lipinski definition) is 7. The summed E-state index contributed by atoms with van der Waals surface area (Å²) in [4.78, 5) is 27.2. The predicted molar refractivity (Wildman–Crippen MR) is 77.3 cm³/mol. The lowest BCUT2D eigenvalue weighted by atomic mass is 10.1. The van der Waals surface area contributed by atoms with Gasteiger partial charge in [-0.25, -0.2) is 14.6 Å². The SMILES string of the molecule is CCOC(=O)c1ccc(-c2nc(C(=O)OCC)ns2)cc1. The first kappa shape index (κ1) is 15.1. The molecule has 0 amide bonds. The van der Waals surface area contributed by atoms with Crippen molar-refractivity contribution < 1.29 is 19.1 Å². The van der Waals surface area contributed by atoms with Crippen molar-refractivity contribution in [2.75, 3.05) is 13.2 Å². The lowest BCUT2D eigenvalue weighted by molar-refractivity contribution is 0.0509. The Morgan fingerprint density at radius 2 is 1.67 bits per heavy atom. The van der Waals surface area contributed by atoms with E-state index in [2.05, 4.69) is 9.36 Å². The number of rotatable bonds is 5. The first-order valence-corrected chi connectivity index (χ1v) is 7.21. The Balaban J connectivity index is 2.15. The number of aromatic nitrogens is 2. The van der Waals surface area contributed by atoms with E-state index in [1.54, 1.807) is 38.1 Å². The standard InChI is InChI=1S/C14H14N2O4S/c1-3-19-13(17)10-7-5-9(6-8-10)12-15-11(16-21-12)14(18)20-4-2/h5-8H,3-4H2,1-2H3. The smallest absolute Gasteiger partial charge is 0.377 e. The first-order valence-electron chi connectivity index (χ1n) is 6.44. The van der Waals surface area contributed by atoms with Gasteiger partial charge in [0, 0.05) is 5.56 Å². The Kier molecular flexibility index (Phi) is 4.99. The van der Waals surface area contributed by atoms with Crippen LogP contribution in [0.3, 0.4) is 0 Å². The summed E-state index contributed by atoms with van der Waals surface area (Å²) in [7, 11) is 0. The monoisotopic (exact) mass is 306 g/mol. The summed E-state index contributed by atoms with van der Waals surface area (Å²) in [6.45, 7) is 4.09. The van der Waals surface area contributed by atoms with Gasteiger partial charge in [0.15, 0.2) is 0 Å². The number of hydrogen-bond donors (Lipinski definition) is 0. The summed E-state index contributed by atoms with van der Waals surface area (Å²) >= 11 is 1.10. The fourth-order valence-electron chi connectivity index (χ4n) is 1.58. The van der Waals surface area contributed by atoms with Gasteiger partial charge in [-0.3, -0.25) is 0 Å². The highest BCUT2D eigenvalue weighted by molar-refractivity contribution is 7.09. The predicted octanol–water partition coefficient (Wildman–Crippen LogP) is 2.56. The number of carbonyl (C=O) groups excluding carboxylic acids is 2. The Labute approximate surface area is 125 Å². The zero-order chi connectivity index (χ0) is 15.2. The van der Waals surface area contributed by atoms with E-state index >= 15 is 0 Å². The quantitative estimate of drug-likeness (QED) is 0.790. The molecule has 0 fully saturated rings. The summed E-state index contributed by atoms with van der Waals surface area (Å²) in [5.74, 6) is -0.858. The van der Waals surface area contributed by atoms with Crippen molar-refractivity contribution in [3.63, 3.8) is 0 Å². The van der Waals surface area contributed by atoms with E-state index in [-0.39, 0.29) is 18.4 Å². The summed E-state index contributed by atoms with van der Waals surface area (Å²) in [5.41, 5.74) is 1.24. The lowest BCUT2D eigenvalue weighted by Gasteiger charge is -2.02. The van der Waals surface area contributed by atoms with Gasteiger partial charge in [-0.15, -0.1) is 0 Å².